The minimum absolute atomic E-state index is 0.162. The van der Waals surface area contributed by atoms with Crippen LogP contribution in [-0.4, -0.2) is 43.9 Å². The molecule has 0 spiro atoms. The molecule has 180 valence electrons. The zero-order chi connectivity index (χ0) is 23.8. The summed E-state index contributed by atoms with van der Waals surface area (Å²) in [7, 11) is 0. The van der Waals surface area contributed by atoms with Crippen LogP contribution >= 0.6 is 0 Å². The van der Waals surface area contributed by atoms with Gasteiger partial charge in [-0.05, 0) is 35.6 Å². The highest BCUT2D eigenvalue weighted by Crippen LogP contribution is 2.33. The second kappa shape index (κ2) is 9.07. The van der Waals surface area contributed by atoms with E-state index in [-0.39, 0.29) is 17.8 Å². The number of benzene rings is 2. The molecule has 2 aromatic carbocycles. The van der Waals surface area contributed by atoms with Gasteiger partial charge in [-0.25, -0.2) is 0 Å². The molecule has 1 fully saturated rings. The number of rotatable bonds is 4. The third kappa shape index (κ3) is 4.35. The Labute approximate surface area is 202 Å². The standard InChI is InChI=1S/C26H28N6O3/c27-23-22-24-31-25(30-23)35-12-2-11-34-21-13-17(15-32(24)26(33)29-22)7-10-20(21)18-8-5-16(6-9-18)14-28-19-3-1-4-19/h5-10,13,19,28H,1-4,11-12,14-15H2,(H,29,33)(H2,27,30,31). The van der Waals surface area contributed by atoms with Crippen molar-refractivity contribution in [2.75, 3.05) is 18.9 Å². The van der Waals surface area contributed by atoms with E-state index < -0.39 is 0 Å². The Balaban J connectivity index is 1.31. The average molecular weight is 473 g/mol. The van der Waals surface area contributed by atoms with Crippen LogP contribution < -0.4 is 20.5 Å². The van der Waals surface area contributed by atoms with Crippen molar-refractivity contribution in [2.45, 2.75) is 44.8 Å². The molecule has 3 heterocycles. The van der Waals surface area contributed by atoms with Gasteiger partial charge in [-0.1, -0.05) is 42.8 Å². The predicted octanol–water partition coefficient (Wildman–Crippen LogP) is 3.63. The van der Waals surface area contributed by atoms with E-state index in [0.29, 0.717) is 43.4 Å². The number of imidazole rings is 1. The molecule has 4 aromatic rings. The van der Waals surface area contributed by atoms with Crippen LogP contribution in [0.4, 0.5) is 5.82 Å². The van der Waals surface area contributed by atoms with Gasteiger partial charge in [0, 0.05) is 24.6 Å². The highest BCUT2D eigenvalue weighted by Gasteiger charge is 2.19. The average Bonchev–Trinajstić information content (AvgIpc) is 3.14. The topological polar surface area (TPSA) is 120 Å². The number of ether oxygens (including phenoxy) is 2. The Morgan fingerprint density at radius 2 is 1.83 bits per heavy atom. The van der Waals surface area contributed by atoms with Gasteiger partial charge in [-0.3, -0.25) is 4.57 Å². The molecular formula is C26H28N6O3. The van der Waals surface area contributed by atoms with Gasteiger partial charge >= 0.3 is 6.01 Å². The van der Waals surface area contributed by atoms with Gasteiger partial charge in [0.15, 0.2) is 17.0 Å². The van der Waals surface area contributed by atoms with E-state index in [2.05, 4.69) is 50.6 Å². The number of nitrogen functional groups attached to an aromatic ring is 1. The monoisotopic (exact) mass is 472 g/mol. The third-order valence-corrected chi connectivity index (χ3v) is 6.71. The van der Waals surface area contributed by atoms with Crippen molar-refractivity contribution < 1.29 is 14.6 Å². The molecule has 0 amide bonds. The molecule has 1 aliphatic carbocycles. The van der Waals surface area contributed by atoms with E-state index in [1.165, 1.54) is 24.8 Å². The van der Waals surface area contributed by atoms with Crippen molar-refractivity contribution in [1.82, 2.24) is 24.8 Å². The zero-order valence-corrected chi connectivity index (χ0v) is 19.4. The first kappa shape index (κ1) is 21.7. The van der Waals surface area contributed by atoms with Crippen molar-refractivity contribution in [1.29, 1.82) is 0 Å². The number of aromatic hydroxyl groups is 1. The molecule has 0 saturated heterocycles. The maximum absolute atomic E-state index is 10.5. The van der Waals surface area contributed by atoms with Crippen LogP contribution in [0.5, 0.6) is 17.8 Å². The first-order valence-corrected chi connectivity index (χ1v) is 12.1. The normalized spacial score (nSPS) is 16.0. The fraction of sp³-hybridized carbons (Fsp3) is 0.346. The number of anilines is 1. The van der Waals surface area contributed by atoms with E-state index in [1.54, 1.807) is 4.57 Å². The van der Waals surface area contributed by atoms with Crippen LogP contribution in [0.15, 0.2) is 42.5 Å². The number of fused-ring (bicyclic) bond motifs is 3. The smallest absolute Gasteiger partial charge is 0.320 e. The second-order valence-corrected chi connectivity index (χ2v) is 9.15. The molecule has 9 nitrogen and oxygen atoms in total. The van der Waals surface area contributed by atoms with Gasteiger partial charge in [0.05, 0.1) is 19.8 Å². The molecule has 35 heavy (non-hydrogen) atoms. The summed E-state index contributed by atoms with van der Waals surface area (Å²) in [6.07, 6.45) is 4.55. The lowest BCUT2D eigenvalue weighted by Gasteiger charge is -2.26. The Morgan fingerprint density at radius 3 is 2.63 bits per heavy atom. The number of aromatic nitrogens is 4. The second-order valence-electron chi connectivity index (χ2n) is 9.15. The highest BCUT2D eigenvalue weighted by atomic mass is 16.5. The van der Waals surface area contributed by atoms with Crippen molar-refractivity contribution in [3.8, 4) is 28.9 Å². The lowest BCUT2D eigenvalue weighted by molar-refractivity contribution is 0.237. The van der Waals surface area contributed by atoms with Gasteiger partial charge in [0.1, 0.15) is 5.75 Å². The molecule has 4 N–H and O–H groups in total. The first-order chi connectivity index (χ1) is 17.1. The number of nitrogens with two attached hydrogens (primary N) is 1. The summed E-state index contributed by atoms with van der Waals surface area (Å²) >= 11 is 0. The number of nitrogens with one attached hydrogen (secondary N) is 1. The molecule has 6 rings (SSSR count). The summed E-state index contributed by atoms with van der Waals surface area (Å²) in [5, 5.41) is 14.1. The van der Waals surface area contributed by atoms with Gasteiger partial charge in [0.2, 0.25) is 0 Å². The molecule has 0 radical (unpaired) electrons. The number of hydrogen-bond donors (Lipinski definition) is 3. The summed E-state index contributed by atoms with van der Waals surface area (Å²) in [6, 6.07) is 15.4. The Morgan fingerprint density at radius 1 is 1.00 bits per heavy atom. The van der Waals surface area contributed by atoms with Crippen molar-refractivity contribution in [3.05, 3.63) is 53.6 Å². The molecule has 0 unspecified atom stereocenters. The fourth-order valence-electron chi connectivity index (χ4n) is 4.49. The van der Waals surface area contributed by atoms with Crippen molar-refractivity contribution >= 4 is 17.0 Å². The molecular weight excluding hydrogens is 444 g/mol. The predicted molar refractivity (Wildman–Crippen MR) is 132 cm³/mol. The van der Waals surface area contributed by atoms with Crippen molar-refractivity contribution in [2.24, 2.45) is 0 Å². The molecule has 2 aliphatic rings. The Bertz CT molecular complexity index is 1360. The maximum atomic E-state index is 10.5. The van der Waals surface area contributed by atoms with Crippen LogP contribution in [0.1, 0.15) is 36.8 Å². The highest BCUT2D eigenvalue weighted by molar-refractivity contribution is 5.83. The van der Waals surface area contributed by atoms with Crippen LogP contribution in [0.3, 0.4) is 0 Å². The van der Waals surface area contributed by atoms with Crippen LogP contribution in [0, 0.1) is 0 Å². The van der Waals surface area contributed by atoms with E-state index in [0.717, 1.165) is 29.0 Å². The molecule has 2 aromatic heterocycles. The van der Waals surface area contributed by atoms with Crippen LogP contribution in [-0.2, 0) is 13.1 Å². The largest absolute Gasteiger partial charge is 0.493 e. The quantitative estimate of drug-likeness (QED) is 0.412. The minimum Gasteiger partial charge on any atom is -0.493 e. The summed E-state index contributed by atoms with van der Waals surface area (Å²) in [6.45, 7) is 2.10. The summed E-state index contributed by atoms with van der Waals surface area (Å²) in [4.78, 5) is 12.7. The Hall–Kier alpha value is -3.85. The van der Waals surface area contributed by atoms with Crippen molar-refractivity contribution in [3.63, 3.8) is 0 Å². The Kier molecular flexibility index (Phi) is 5.61. The number of hydrogen-bond acceptors (Lipinski definition) is 8. The van der Waals surface area contributed by atoms with E-state index >= 15 is 0 Å². The minimum atomic E-state index is -0.175. The summed E-state index contributed by atoms with van der Waals surface area (Å²) in [5.74, 6) is 0.961. The van der Waals surface area contributed by atoms with Gasteiger partial charge in [-0.2, -0.15) is 15.0 Å². The van der Waals surface area contributed by atoms with E-state index in [9.17, 15) is 5.11 Å². The maximum Gasteiger partial charge on any atom is 0.320 e. The van der Waals surface area contributed by atoms with E-state index in [4.69, 9.17) is 15.2 Å². The van der Waals surface area contributed by atoms with E-state index in [1.807, 2.05) is 12.1 Å². The molecule has 0 atom stereocenters. The van der Waals surface area contributed by atoms with Crippen LogP contribution in [0.2, 0.25) is 0 Å². The summed E-state index contributed by atoms with van der Waals surface area (Å²) < 4.78 is 13.5. The molecule has 4 bridgehead atoms. The van der Waals surface area contributed by atoms with Gasteiger partial charge < -0.3 is 25.6 Å². The van der Waals surface area contributed by atoms with Crippen LogP contribution in [0.25, 0.3) is 22.3 Å². The third-order valence-electron chi connectivity index (χ3n) is 6.71. The fourth-order valence-corrected chi connectivity index (χ4v) is 4.49. The zero-order valence-electron chi connectivity index (χ0n) is 19.4. The molecule has 9 heteroatoms. The lowest BCUT2D eigenvalue weighted by atomic mass is 9.93. The first-order valence-electron chi connectivity index (χ1n) is 12.1. The van der Waals surface area contributed by atoms with Gasteiger partial charge in [0.25, 0.3) is 6.01 Å². The number of nitrogens with zero attached hydrogens (tertiary/aromatic N) is 4. The van der Waals surface area contributed by atoms with Gasteiger partial charge in [-0.15, -0.1) is 0 Å². The summed E-state index contributed by atoms with van der Waals surface area (Å²) in [5.41, 5.74) is 11.2. The SMILES string of the molecule is Nc1nc2nc3c1nc(O)n3Cc1ccc(-c3ccc(CNC4CCC4)cc3)c(c1)OCCCO2. The molecule has 1 saturated carbocycles. The lowest BCUT2D eigenvalue weighted by Crippen LogP contribution is -2.34. The molecule has 1 aliphatic heterocycles.